The maximum Gasteiger partial charge on any atom is 0.315 e. The number of alkyl halides is 3. The number of halogens is 3. The molecule has 1 saturated carbocycles. The van der Waals surface area contributed by atoms with E-state index in [4.69, 9.17) is 0 Å². The molecule has 1 fully saturated rings. The lowest BCUT2D eigenvalue weighted by atomic mass is 10.2. The molecule has 92 valence electrons. The van der Waals surface area contributed by atoms with Crippen LogP contribution in [-0.2, 0) is 9.59 Å². The maximum atomic E-state index is 12.4. The maximum absolute atomic E-state index is 12.4. The lowest BCUT2D eigenvalue weighted by Crippen LogP contribution is -2.45. The molecule has 1 aliphatic rings. The van der Waals surface area contributed by atoms with E-state index in [1.807, 2.05) is 0 Å². The second-order valence-electron chi connectivity index (χ2n) is 3.88. The lowest BCUT2D eigenvalue weighted by Gasteiger charge is -2.27. The van der Waals surface area contributed by atoms with Crippen LogP contribution in [-0.4, -0.2) is 40.9 Å². The molecule has 0 aromatic rings. The van der Waals surface area contributed by atoms with Crippen LogP contribution in [0.5, 0.6) is 0 Å². The molecule has 0 aromatic heterocycles. The number of amides is 1. The molecule has 0 aromatic carbocycles. The van der Waals surface area contributed by atoms with Gasteiger partial charge in [-0.25, -0.2) is 0 Å². The summed E-state index contributed by atoms with van der Waals surface area (Å²) in [5.41, 5.74) is 0. The smallest absolute Gasteiger partial charge is 0.315 e. The first kappa shape index (κ1) is 13.5. The number of hydrogen-bond donors (Lipinski definition) is 0. The van der Waals surface area contributed by atoms with Gasteiger partial charge in [-0.15, -0.1) is 0 Å². The Morgan fingerprint density at radius 2 is 1.88 bits per heavy atom. The van der Waals surface area contributed by atoms with Crippen LogP contribution in [0, 0.1) is 0 Å². The summed E-state index contributed by atoms with van der Waals surface area (Å²) in [6, 6.07) is -0.190. The normalized spacial score (nSPS) is 16.8. The fraction of sp³-hybridized carbons (Fsp3) is 0.800. The molecule has 0 atom stereocenters. The van der Waals surface area contributed by atoms with Crippen molar-refractivity contribution in [1.82, 2.24) is 4.90 Å². The lowest BCUT2D eigenvalue weighted by molar-refractivity contribution is -0.147. The van der Waals surface area contributed by atoms with E-state index in [1.54, 1.807) is 0 Å². The van der Waals surface area contributed by atoms with Crippen molar-refractivity contribution in [3.05, 3.63) is 0 Å². The number of ketones is 1. The second-order valence-corrected chi connectivity index (χ2v) is 4.44. The number of nitrogens with zero attached hydrogens (tertiary/aromatic N) is 1. The van der Waals surface area contributed by atoms with Gasteiger partial charge in [0.05, 0.1) is 11.9 Å². The van der Waals surface area contributed by atoms with Crippen LogP contribution < -0.4 is 0 Å². The Morgan fingerprint density at radius 1 is 1.31 bits per heavy atom. The largest absolute Gasteiger partial charge is 0.327 e. The van der Waals surface area contributed by atoms with Crippen molar-refractivity contribution in [1.29, 1.82) is 0 Å². The Kier molecular flexibility index (Phi) is 5.31. The SMILES string of the molecule is O=C(CBr)CN(C(=O)C(F)F)C1CCCC1. The van der Waals surface area contributed by atoms with Gasteiger partial charge in [-0.3, -0.25) is 9.59 Å². The average Bonchev–Trinajstić information content (AvgIpc) is 2.77. The van der Waals surface area contributed by atoms with E-state index in [1.165, 1.54) is 0 Å². The van der Waals surface area contributed by atoms with E-state index >= 15 is 0 Å². The van der Waals surface area contributed by atoms with Gasteiger partial charge >= 0.3 is 6.43 Å². The highest BCUT2D eigenvalue weighted by Gasteiger charge is 2.32. The first-order valence-corrected chi connectivity index (χ1v) is 6.34. The molecule has 6 heteroatoms. The quantitative estimate of drug-likeness (QED) is 0.728. The Labute approximate surface area is 101 Å². The van der Waals surface area contributed by atoms with Crippen LogP contribution in [0.1, 0.15) is 25.7 Å². The Morgan fingerprint density at radius 3 is 2.31 bits per heavy atom. The van der Waals surface area contributed by atoms with Crippen LogP contribution >= 0.6 is 15.9 Å². The van der Waals surface area contributed by atoms with E-state index in [0.29, 0.717) is 12.8 Å². The molecule has 0 aliphatic heterocycles. The zero-order valence-corrected chi connectivity index (χ0v) is 10.4. The monoisotopic (exact) mass is 297 g/mol. The van der Waals surface area contributed by atoms with E-state index in [0.717, 1.165) is 17.7 Å². The fourth-order valence-electron chi connectivity index (χ4n) is 1.96. The van der Waals surface area contributed by atoms with Crippen molar-refractivity contribution in [3.63, 3.8) is 0 Å². The zero-order chi connectivity index (χ0) is 12.1. The summed E-state index contributed by atoms with van der Waals surface area (Å²) in [5.74, 6) is -1.47. The van der Waals surface area contributed by atoms with Crippen molar-refractivity contribution < 1.29 is 18.4 Å². The molecule has 1 rings (SSSR count). The minimum Gasteiger partial charge on any atom is -0.327 e. The van der Waals surface area contributed by atoms with Gasteiger partial charge in [-0.1, -0.05) is 28.8 Å². The Bertz CT molecular complexity index is 268. The second kappa shape index (κ2) is 6.27. The van der Waals surface area contributed by atoms with Gasteiger partial charge in [0.15, 0.2) is 5.78 Å². The molecule has 0 spiro atoms. The molecule has 0 saturated heterocycles. The highest BCUT2D eigenvalue weighted by molar-refractivity contribution is 9.09. The number of Topliss-reactive ketones (excluding diaryl/α,β-unsaturated/α-hetero) is 1. The summed E-state index contributed by atoms with van der Waals surface area (Å²) >= 11 is 2.96. The van der Waals surface area contributed by atoms with Gasteiger partial charge in [-0.05, 0) is 12.8 Å². The Hall–Kier alpha value is -0.520. The van der Waals surface area contributed by atoms with Crippen molar-refractivity contribution in [2.45, 2.75) is 38.2 Å². The molecular formula is C10H14BrF2NO2. The standard InChI is InChI=1S/C10H14BrF2NO2/c11-5-8(15)6-14(10(16)9(12)13)7-3-1-2-4-7/h7,9H,1-6H2. The molecule has 0 heterocycles. The fourth-order valence-corrected chi connectivity index (χ4v) is 2.14. The number of hydrogen-bond acceptors (Lipinski definition) is 2. The van der Waals surface area contributed by atoms with Crippen LogP contribution in [0.3, 0.4) is 0 Å². The number of rotatable bonds is 5. The summed E-state index contributed by atoms with van der Waals surface area (Å²) < 4.78 is 24.7. The van der Waals surface area contributed by atoms with Crippen molar-refractivity contribution in [3.8, 4) is 0 Å². The number of carbonyl (C=O) groups excluding carboxylic acids is 2. The van der Waals surface area contributed by atoms with Crippen molar-refractivity contribution in [2.24, 2.45) is 0 Å². The van der Waals surface area contributed by atoms with E-state index < -0.39 is 12.3 Å². The molecule has 0 bridgehead atoms. The molecule has 16 heavy (non-hydrogen) atoms. The molecule has 0 unspecified atom stereocenters. The number of carbonyl (C=O) groups is 2. The Balaban J connectivity index is 2.67. The van der Waals surface area contributed by atoms with Crippen LogP contribution in [0.2, 0.25) is 0 Å². The van der Waals surface area contributed by atoms with Crippen molar-refractivity contribution in [2.75, 3.05) is 11.9 Å². The summed E-state index contributed by atoms with van der Waals surface area (Å²) in [4.78, 5) is 23.6. The molecular weight excluding hydrogens is 284 g/mol. The highest BCUT2D eigenvalue weighted by Crippen LogP contribution is 2.24. The predicted octanol–water partition coefficient (Wildman–Crippen LogP) is 1.99. The third kappa shape index (κ3) is 3.50. The summed E-state index contributed by atoms with van der Waals surface area (Å²) in [6.07, 6.45) is 0.270. The van der Waals surface area contributed by atoms with Gasteiger partial charge in [0.2, 0.25) is 0 Å². The summed E-state index contributed by atoms with van der Waals surface area (Å²) in [7, 11) is 0. The molecule has 0 radical (unpaired) electrons. The van der Waals surface area contributed by atoms with Gasteiger partial charge in [0.25, 0.3) is 5.91 Å². The zero-order valence-electron chi connectivity index (χ0n) is 8.79. The van der Waals surface area contributed by atoms with Gasteiger partial charge in [0.1, 0.15) is 0 Å². The molecule has 3 nitrogen and oxygen atoms in total. The molecule has 1 aliphatic carbocycles. The van der Waals surface area contributed by atoms with E-state index in [2.05, 4.69) is 15.9 Å². The first-order valence-electron chi connectivity index (χ1n) is 5.22. The van der Waals surface area contributed by atoms with Crippen LogP contribution in [0.4, 0.5) is 8.78 Å². The third-order valence-corrected chi connectivity index (χ3v) is 3.36. The third-order valence-electron chi connectivity index (χ3n) is 2.73. The molecule has 0 N–H and O–H groups in total. The molecule has 1 amide bonds. The predicted molar refractivity (Wildman–Crippen MR) is 58.8 cm³/mol. The first-order chi connectivity index (χ1) is 7.56. The minimum atomic E-state index is -3.02. The summed E-state index contributed by atoms with van der Waals surface area (Å²) in [5, 5.41) is 0.0900. The van der Waals surface area contributed by atoms with Crippen molar-refractivity contribution >= 4 is 27.6 Å². The van der Waals surface area contributed by atoms with Gasteiger partial charge < -0.3 is 4.90 Å². The van der Waals surface area contributed by atoms with Crippen LogP contribution in [0.15, 0.2) is 0 Å². The van der Waals surface area contributed by atoms with Gasteiger partial charge in [-0.2, -0.15) is 8.78 Å². The minimum absolute atomic E-state index is 0.0900. The average molecular weight is 298 g/mol. The topological polar surface area (TPSA) is 37.4 Å². The van der Waals surface area contributed by atoms with E-state index in [-0.39, 0.29) is 23.7 Å². The summed E-state index contributed by atoms with van der Waals surface area (Å²) in [6.45, 7) is -0.209. The van der Waals surface area contributed by atoms with Crippen LogP contribution in [0.25, 0.3) is 0 Å². The van der Waals surface area contributed by atoms with E-state index in [9.17, 15) is 18.4 Å². The van der Waals surface area contributed by atoms with Gasteiger partial charge in [0, 0.05) is 6.04 Å². The highest BCUT2D eigenvalue weighted by atomic mass is 79.9.